The van der Waals surface area contributed by atoms with Crippen LogP contribution in [0.3, 0.4) is 0 Å². The topological polar surface area (TPSA) is 84.3 Å². The van der Waals surface area contributed by atoms with Crippen molar-refractivity contribution in [1.29, 1.82) is 0 Å². The number of benzene rings is 1. The van der Waals surface area contributed by atoms with Gasteiger partial charge >= 0.3 is 6.18 Å². The number of nitrogens with zero attached hydrogens (tertiary/aromatic N) is 1. The van der Waals surface area contributed by atoms with Crippen LogP contribution in [0.2, 0.25) is 0 Å². The molecule has 9 heteroatoms. The molecule has 0 atom stereocenters. The summed E-state index contributed by atoms with van der Waals surface area (Å²) < 4.78 is 38.1. The van der Waals surface area contributed by atoms with E-state index in [0.717, 1.165) is 12.1 Å². The number of alkyl halides is 3. The highest BCUT2D eigenvalue weighted by Gasteiger charge is 2.38. The lowest BCUT2D eigenvalue weighted by molar-refractivity contribution is -0.388. The second-order valence-corrected chi connectivity index (χ2v) is 3.79. The molecule has 0 aliphatic heterocycles. The average molecular weight is 291 g/mol. The summed E-state index contributed by atoms with van der Waals surface area (Å²) in [6.07, 6.45) is -4.84. The Bertz CT molecular complexity index is 517. The van der Waals surface area contributed by atoms with E-state index in [0.29, 0.717) is 12.6 Å². The van der Waals surface area contributed by atoms with Gasteiger partial charge in [0.1, 0.15) is 5.56 Å². The lowest BCUT2D eigenvalue weighted by Crippen LogP contribution is -2.29. The molecule has 20 heavy (non-hydrogen) atoms. The SMILES string of the molecule is CCNC(=O)CNc1ccc([N+](=O)[O-])c(C(F)(F)F)c1. The molecular formula is C11H12F3N3O3. The zero-order valence-corrected chi connectivity index (χ0v) is 10.5. The summed E-state index contributed by atoms with van der Waals surface area (Å²) in [5, 5.41) is 15.5. The lowest BCUT2D eigenvalue weighted by Gasteiger charge is -2.11. The minimum absolute atomic E-state index is 0.0193. The maximum atomic E-state index is 12.7. The summed E-state index contributed by atoms with van der Waals surface area (Å²) in [6.45, 7) is 1.88. The van der Waals surface area contributed by atoms with E-state index in [9.17, 15) is 28.1 Å². The van der Waals surface area contributed by atoms with Gasteiger partial charge in [0.25, 0.3) is 5.69 Å². The first-order chi connectivity index (χ1) is 9.25. The molecule has 6 nitrogen and oxygen atoms in total. The second kappa shape index (κ2) is 6.22. The molecule has 0 fully saturated rings. The first kappa shape index (κ1) is 15.7. The number of nitro groups is 1. The van der Waals surface area contributed by atoms with Crippen molar-refractivity contribution in [2.24, 2.45) is 0 Å². The quantitative estimate of drug-likeness (QED) is 0.643. The molecule has 0 saturated carbocycles. The Labute approximate surface area is 112 Å². The maximum Gasteiger partial charge on any atom is 0.423 e. The average Bonchev–Trinajstić information content (AvgIpc) is 2.35. The summed E-state index contributed by atoms with van der Waals surface area (Å²) >= 11 is 0. The molecule has 0 heterocycles. The van der Waals surface area contributed by atoms with Gasteiger partial charge in [-0.2, -0.15) is 13.2 Å². The van der Waals surface area contributed by atoms with E-state index >= 15 is 0 Å². The van der Waals surface area contributed by atoms with E-state index in [1.807, 2.05) is 0 Å². The lowest BCUT2D eigenvalue weighted by atomic mass is 10.1. The molecule has 1 amide bonds. The van der Waals surface area contributed by atoms with Crippen LogP contribution in [0, 0.1) is 10.1 Å². The van der Waals surface area contributed by atoms with Crippen molar-refractivity contribution in [2.75, 3.05) is 18.4 Å². The van der Waals surface area contributed by atoms with E-state index in [1.165, 1.54) is 0 Å². The Balaban J connectivity index is 2.96. The molecule has 0 saturated heterocycles. The molecule has 0 aliphatic rings. The highest BCUT2D eigenvalue weighted by molar-refractivity contribution is 5.80. The van der Waals surface area contributed by atoms with Crippen molar-refractivity contribution in [1.82, 2.24) is 5.32 Å². The first-order valence-electron chi connectivity index (χ1n) is 5.62. The molecule has 1 aromatic rings. The van der Waals surface area contributed by atoms with Crippen LogP contribution in [0.1, 0.15) is 12.5 Å². The number of carbonyl (C=O) groups is 1. The molecule has 0 spiro atoms. The fourth-order valence-electron chi connectivity index (χ4n) is 1.47. The zero-order valence-electron chi connectivity index (χ0n) is 10.5. The third-order valence-corrected chi connectivity index (χ3v) is 2.33. The first-order valence-corrected chi connectivity index (χ1v) is 5.62. The minimum Gasteiger partial charge on any atom is -0.376 e. The minimum atomic E-state index is -4.84. The van der Waals surface area contributed by atoms with Gasteiger partial charge < -0.3 is 10.6 Å². The van der Waals surface area contributed by atoms with Crippen molar-refractivity contribution in [3.63, 3.8) is 0 Å². The standard InChI is InChI=1S/C11H12F3N3O3/c1-2-15-10(18)6-16-7-3-4-9(17(19)20)8(5-7)11(12,13)14/h3-5,16H,2,6H2,1H3,(H,15,18). The summed E-state index contributed by atoms with van der Waals surface area (Å²) in [5.41, 5.74) is -2.40. The Morgan fingerprint density at radius 3 is 2.55 bits per heavy atom. The third-order valence-electron chi connectivity index (χ3n) is 2.33. The summed E-state index contributed by atoms with van der Waals surface area (Å²) in [6, 6.07) is 2.48. The number of anilines is 1. The van der Waals surface area contributed by atoms with E-state index in [1.54, 1.807) is 6.92 Å². The monoisotopic (exact) mass is 291 g/mol. The predicted molar refractivity (Wildman–Crippen MR) is 65.3 cm³/mol. The number of rotatable bonds is 5. The van der Waals surface area contributed by atoms with Crippen molar-refractivity contribution in [3.8, 4) is 0 Å². The summed E-state index contributed by atoms with van der Waals surface area (Å²) in [7, 11) is 0. The van der Waals surface area contributed by atoms with E-state index in [4.69, 9.17) is 0 Å². The summed E-state index contributed by atoms with van der Waals surface area (Å²) in [5.74, 6) is -0.389. The van der Waals surface area contributed by atoms with Gasteiger partial charge in [0.05, 0.1) is 11.5 Å². The number of carbonyl (C=O) groups excluding carboxylic acids is 1. The largest absolute Gasteiger partial charge is 0.423 e. The Morgan fingerprint density at radius 1 is 1.40 bits per heavy atom. The van der Waals surface area contributed by atoms with Crippen molar-refractivity contribution >= 4 is 17.3 Å². The van der Waals surface area contributed by atoms with E-state index in [2.05, 4.69) is 10.6 Å². The number of hydrogen-bond acceptors (Lipinski definition) is 4. The molecule has 0 bridgehead atoms. The molecular weight excluding hydrogens is 279 g/mol. The highest BCUT2D eigenvalue weighted by atomic mass is 19.4. The van der Waals surface area contributed by atoms with Crippen molar-refractivity contribution < 1.29 is 22.9 Å². The summed E-state index contributed by atoms with van der Waals surface area (Å²) in [4.78, 5) is 20.6. The van der Waals surface area contributed by atoms with Crippen molar-refractivity contribution in [2.45, 2.75) is 13.1 Å². The van der Waals surface area contributed by atoms with Gasteiger partial charge in [-0.25, -0.2) is 0 Å². The molecule has 0 radical (unpaired) electrons. The Morgan fingerprint density at radius 2 is 2.05 bits per heavy atom. The van der Waals surface area contributed by atoms with Gasteiger partial charge in [-0.15, -0.1) is 0 Å². The zero-order chi connectivity index (χ0) is 15.3. The van der Waals surface area contributed by atoms with Crippen LogP contribution >= 0.6 is 0 Å². The van der Waals surface area contributed by atoms with Crippen molar-refractivity contribution in [3.05, 3.63) is 33.9 Å². The van der Waals surface area contributed by atoms with E-state index in [-0.39, 0.29) is 18.1 Å². The van der Waals surface area contributed by atoms with Crippen LogP contribution in [-0.2, 0) is 11.0 Å². The number of nitro benzene ring substituents is 1. The maximum absolute atomic E-state index is 12.7. The Kier molecular flexibility index (Phi) is 4.89. The smallest absolute Gasteiger partial charge is 0.376 e. The van der Waals surface area contributed by atoms with Crippen LogP contribution in [0.25, 0.3) is 0 Å². The molecule has 0 aliphatic carbocycles. The van der Waals surface area contributed by atoms with Crippen LogP contribution in [0.4, 0.5) is 24.5 Å². The molecule has 0 aromatic heterocycles. The van der Waals surface area contributed by atoms with Crippen LogP contribution in [0.15, 0.2) is 18.2 Å². The van der Waals surface area contributed by atoms with Crippen LogP contribution in [0.5, 0.6) is 0 Å². The number of likely N-dealkylation sites (N-methyl/N-ethyl adjacent to an activating group) is 1. The third kappa shape index (κ3) is 4.11. The Hall–Kier alpha value is -2.32. The van der Waals surface area contributed by atoms with Gasteiger partial charge in [-0.3, -0.25) is 14.9 Å². The van der Waals surface area contributed by atoms with Crippen LogP contribution < -0.4 is 10.6 Å². The van der Waals surface area contributed by atoms with E-state index < -0.39 is 22.4 Å². The fraction of sp³-hybridized carbons (Fsp3) is 0.364. The van der Waals surface area contributed by atoms with Gasteiger partial charge in [-0.1, -0.05) is 0 Å². The second-order valence-electron chi connectivity index (χ2n) is 3.79. The highest BCUT2D eigenvalue weighted by Crippen LogP contribution is 2.37. The normalized spacial score (nSPS) is 11.0. The number of halogens is 3. The molecule has 110 valence electrons. The number of amides is 1. The van der Waals surface area contributed by atoms with Gasteiger partial charge in [0.15, 0.2) is 0 Å². The van der Waals surface area contributed by atoms with Gasteiger partial charge in [0.2, 0.25) is 5.91 Å². The number of hydrogen-bond donors (Lipinski definition) is 2. The molecule has 1 rings (SSSR count). The molecule has 0 unspecified atom stereocenters. The number of nitrogens with one attached hydrogen (secondary N) is 2. The predicted octanol–water partition coefficient (Wildman–Crippen LogP) is 2.16. The van der Waals surface area contributed by atoms with Gasteiger partial charge in [0, 0.05) is 18.3 Å². The molecule has 1 aromatic carbocycles. The molecule has 2 N–H and O–H groups in total. The van der Waals surface area contributed by atoms with Crippen LogP contribution in [-0.4, -0.2) is 23.9 Å². The van der Waals surface area contributed by atoms with Gasteiger partial charge in [-0.05, 0) is 19.1 Å². The fourth-order valence-corrected chi connectivity index (χ4v) is 1.47.